The van der Waals surface area contributed by atoms with Crippen LogP contribution in [0, 0.1) is 6.92 Å². The monoisotopic (exact) mass is 454 g/mol. The predicted octanol–water partition coefficient (Wildman–Crippen LogP) is 4.09. The predicted molar refractivity (Wildman–Crippen MR) is 110 cm³/mol. The van der Waals surface area contributed by atoms with Gasteiger partial charge in [-0.3, -0.25) is 14.5 Å². The summed E-state index contributed by atoms with van der Waals surface area (Å²) in [5.41, 5.74) is -1.02. The van der Waals surface area contributed by atoms with Crippen molar-refractivity contribution < 1.29 is 22.8 Å². The van der Waals surface area contributed by atoms with Crippen LogP contribution in [-0.4, -0.2) is 39.4 Å². The summed E-state index contributed by atoms with van der Waals surface area (Å²) in [6.07, 6.45) is 3.42. The highest BCUT2D eigenvalue weighted by molar-refractivity contribution is 6.32. The number of anilines is 1. The molecule has 1 aromatic carbocycles. The highest BCUT2D eigenvalue weighted by atomic mass is 35.5. The molecule has 1 aromatic heterocycles. The molecule has 1 N–H and O–H groups in total. The molecule has 0 aliphatic heterocycles. The number of carbonyl (C=O) groups is 2. The third-order valence-corrected chi connectivity index (χ3v) is 5.39. The summed E-state index contributed by atoms with van der Waals surface area (Å²) in [6, 6.07) is 4.71. The maximum absolute atomic E-state index is 13.9. The maximum atomic E-state index is 13.9. The minimum Gasteiger partial charge on any atom is -0.351 e. The molecule has 2 amide bonds. The van der Waals surface area contributed by atoms with Crippen molar-refractivity contribution in [1.29, 1.82) is 0 Å². The summed E-state index contributed by atoms with van der Waals surface area (Å²) >= 11 is 5.46. The van der Waals surface area contributed by atoms with Crippen LogP contribution in [0.25, 0.3) is 0 Å². The van der Waals surface area contributed by atoms with Crippen molar-refractivity contribution in [3.05, 3.63) is 54.1 Å². The van der Waals surface area contributed by atoms with Gasteiger partial charge in [0.05, 0.1) is 0 Å². The van der Waals surface area contributed by atoms with E-state index >= 15 is 0 Å². The van der Waals surface area contributed by atoms with Crippen molar-refractivity contribution in [2.45, 2.75) is 56.2 Å². The fourth-order valence-corrected chi connectivity index (χ4v) is 3.65. The van der Waals surface area contributed by atoms with Gasteiger partial charge in [-0.05, 0) is 31.9 Å². The molecule has 0 spiro atoms. The number of halogens is 4. The number of nitrogens with zero attached hydrogens (tertiary/aromatic N) is 3. The van der Waals surface area contributed by atoms with Crippen LogP contribution < -0.4 is 10.2 Å². The number of aryl methyl sites for hydroxylation is 1. The van der Waals surface area contributed by atoms with Gasteiger partial charge in [-0.1, -0.05) is 29.3 Å². The lowest BCUT2D eigenvalue weighted by atomic mass is 9.92. The summed E-state index contributed by atoms with van der Waals surface area (Å²) in [4.78, 5) is 34.7. The third-order valence-electron chi connectivity index (χ3n) is 5.20. The van der Waals surface area contributed by atoms with Crippen LogP contribution >= 0.6 is 11.6 Å². The topological polar surface area (TPSA) is 75.2 Å². The number of rotatable bonds is 6. The lowest BCUT2D eigenvalue weighted by Crippen LogP contribution is -2.49. The number of alkyl halides is 4. The third kappa shape index (κ3) is 5.72. The van der Waals surface area contributed by atoms with Crippen LogP contribution in [0.2, 0.25) is 0 Å². The van der Waals surface area contributed by atoms with E-state index in [2.05, 4.69) is 15.3 Å². The van der Waals surface area contributed by atoms with E-state index < -0.39 is 35.5 Å². The second-order valence-electron chi connectivity index (χ2n) is 7.56. The van der Waals surface area contributed by atoms with Crippen LogP contribution in [0.5, 0.6) is 0 Å². The molecule has 31 heavy (non-hydrogen) atoms. The van der Waals surface area contributed by atoms with E-state index in [4.69, 9.17) is 11.6 Å². The van der Waals surface area contributed by atoms with Crippen molar-refractivity contribution >= 4 is 29.1 Å². The fourth-order valence-electron chi connectivity index (χ4n) is 3.55. The first-order chi connectivity index (χ1) is 14.7. The first kappa shape index (κ1) is 23.0. The Hall–Kier alpha value is -2.68. The van der Waals surface area contributed by atoms with Gasteiger partial charge in [0.1, 0.15) is 12.4 Å². The fraction of sp³-hybridized carbons (Fsp3) is 0.429. The van der Waals surface area contributed by atoms with Crippen molar-refractivity contribution in [3.63, 3.8) is 0 Å². The summed E-state index contributed by atoms with van der Waals surface area (Å²) in [5, 5.41) is 2.72. The number of amides is 2. The number of aromatic nitrogens is 2. The van der Waals surface area contributed by atoms with E-state index in [1.807, 2.05) is 6.92 Å². The van der Waals surface area contributed by atoms with E-state index in [-0.39, 0.29) is 36.9 Å². The van der Waals surface area contributed by atoms with Crippen LogP contribution in [0.15, 0.2) is 43.0 Å². The van der Waals surface area contributed by atoms with Crippen LogP contribution in [0.1, 0.15) is 42.9 Å². The lowest BCUT2D eigenvalue weighted by molar-refractivity contribution is -0.128. The van der Waals surface area contributed by atoms with Gasteiger partial charge < -0.3 is 5.32 Å². The Bertz CT molecular complexity index is 903. The first-order valence-corrected chi connectivity index (χ1v) is 10.2. The SMILES string of the molecule is Cc1ccc(N(C(=O)[C@H](F)Cl)C(C(=O)NC2CCC(F)(F)CC2)c2cncnc2)cc1. The van der Waals surface area contributed by atoms with Crippen molar-refractivity contribution in [2.75, 3.05) is 4.90 Å². The highest BCUT2D eigenvalue weighted by Gasteiger charge is 2.39. The van der Waals surface area contributed by atoms with Crippen LogP contribution in [0.3, 0.4) is 0 Å². The molecule has 1 unspecified atom stereocenters. The molecule has 3 rings (SSSR count). The van der Waals surface area contributed by atoms with E-state index in [9.17, 15) is 22.8 Å². The molecule has 2 atom stereocenters. The van der Waals surface area contributed by atoms with Crippen molar-refractivity contribution in [1.82, 2.24) is 15.3 Å². The zero-order valence-corrected chi connectivity index (χ0v) is 17.5. The number of hydrogen-bond donors (Lipinski definition) is 1. The molecule has 0 saturated heterocycles. The maximum Gasteiger partial charge on any atom is 0.278 e. The molecule has 1 heterocycles. The van der Waals surface area contributed by atoms with Crippen LogP contribution in [0.4, 0.5) is 18.9 Å². The molecule has 1 aliphatic rings. The summed E-state index contributed by atoms with van der Waals surface area (Å²) in [5.74, 6) is -4.54. The minimum atomic E-state index is -2.75. The van der Waals surface area contributed by atoms with Crippen LogP contribution in [-0.2, 0) is 9.59 Å². The molecule has 10 heteroatoms. The normalized spacial score (nSPS) is 18.1. The van der Waals surface area contributed by atoms with Gasteiger partial charge in [-0.2, -0.15) is 0 Å². The molecular weight excluding hydrogens is 433 g/mol. The summed E-state index contributed by atoms with van der Waals surface area (Å²) in [6.45, 7) is 1.84. The molecular formula is C21H22ClF3N4O2. The van der Waals surface area contributed by atoms with E-state index in [1.54, 1.807) is 24.3 Å². The number of carbonyl (C=O) groups excluding carboxylic acids is 2. The first-order valence-electron chi connectivity index (χ1n) is 9.79. The number of nitrogens with one attached hydrogen (secondary N) is 1. The Morgan fingerprint density at radius 3 is 2.29 bits per heavy atom. The molecule has 0 bridgehead atoms. The molecule has 6 nitrogen and oxygen atoms in total. The van der Waals surface area contributed by atoms with Crippen molar-refractivity contribution in [3.8, 4) is 0 Å². The number of benzene rings is 1. The average Bonchev–Trinajstić information content (AvgIpc) is 2.74. The quantitative estimate of drug-likeness (QED) is 0.667. The van der Waals surface area contributed by atoms with Gasteiger partial charge in [0, 0.05) is 42.5 Å². The Balaban J connectivity index is 1.96. The van der Waals surface area contributed by atoms with Gasteiger partial charge in [0.15, 0.2) is 0 Å². The minimum absolute atomic E-state index is 0.0937. The van der Waals surface area contributed by atoms with E-state index in [0.717, 1.165) is 10.5 Å². The van der Waals surface area contributed by atoms with Gasteiger partial charge in [-0.15, -0.1) is 0 Å². The molecule has 1 fully saturated rings. The van der Waals surface area contributed by atoms with Gasteiger partial charge >= 0.3 is 0 Å². The Kier molecular flexibility index (Phi) is 7.15. The lowest BCUT2D eigenvalue weighted by Gasteiger charge is -2.34. The molecule has 1 aliphatic carbocycles. The summed E-state index contributed by atoms with van der Waals surface area (Å²) in [7, 11) is 0. The van der Waals surface area contributed by atoms with Gasteiger partial charge in [0.25, 0.3) is 11.5 Å². The summed E-state index contributed by atoms with van der Waals surface area (Å²) < 4.78 is 40.9. The van der Waals surface area contributed by atoms with E-state index in [0.29, 0.717) is 0 Å². The van der Waals surface area contributed by atoms with Crippen molar-refractivity contribution in [2.24, 2.45) is 0 Å². The molecule has 0 radical (unpaired) electrons. The smallest absolute Gasteiger partial charge is 0.278 e. The van der Waals surface area contributed by atoms with Gasteiger partial charge in [0.2, 0.25) is 11.8 Å². The second-order valence-corrected chi connectivity index (χ2v) is 7.94. The average molecular weight is 455 g/mol. The van der Waals surface area contributed by atoms with Gasteiger partial charge in [-0.25, -0.2) is 23.1 Å². The molecule has 166 valence electrons. The largest absolute Gasteiger partial charge is 0.351 e. The van der Waals surface area contributed by atoms with E-state index in [1.165, 1.54) is 18.7 Å². The molecule has 2 aromatic rings. The zero-order chi connectivity index (χ0) is 22.6. The standard InChI is InChI=1S/C21H22ClF3N4O2/c1-13-2-4-16(5-3-13)29(20(31)18(22)23)17(14-10-26-12-27-11-14)19(30)28-15-6-8-21(24,25)9-7-15/h2-5,10-12,15,17-18H,6-9H2,1H3,(H,28,30)/t17?,18-/m0/s1. The Labute approximate surface area is 182 Å². The Morgan fingerprint density at radius 1 is 1.16 bits per heavy atom. The zero-order valence-electron chi connectivity index (χ0n) is 16.8. The highest BCUT2D eigenvalue weighted by Crippen LogP contribution is 2.34. The second kappa shape index (κ2) is 9.64. The Morgan fingerprint density at radius 2 is 1.74 bits per heavy atom. The molecule has 1 saturated carbocycles. The number of hydrogen-bond acceptors (Lipinski definition) is 4.